The molecule has 1 N–H and O–H groups in total. The molecule has 1 heterocycles. The summed E-state index contributed by atoms with van der Waals surface area (Å²) in [6.07, 6.45) is 1.65. The van der Waals surface area contributed by atoms with E-state index in [9.17, 15) is 8.42 Å². The summed E-state index contributed by atoms with van der Waals surface area (Å²) in [5, 5.41) is 2.99. The van der Waals surface area contributed by atoms with Crippen molar-refractivity contribution in [2.75, 3.05) is 18.8 Å². The van der Waals surface area contributed by atoms with Gasteiger partial charge in [-0.25, -0.2) is 8.42 Å². The van der Waals surface area contributed by atoms with E-state index in [0.29, 0.717) is 0 Å². The average Bonchev–Trinajstić information content (AvgIpc) is 1.56. The van der Waals surface area contributed by atoms with E-state index in [-0.39, 0.29) is 5.75 Å². The highest BCUT2D eigenvalue weighted by molar-refractivity contribution is 8.13. The van der Waals surface area contributed by atoms with E-state index in [4.69, 9.17) is 10.7 Å². The SMILES string of the molecule is O=S(=O)(Cl)CC=C1CNC1. The fourth-order valence-corrected chi connectivity index (χ4v) is 1.25. The molecule has 1 saturated heterocycles. The van der Waals surface area contributed by atoms with Crippen molar-refractivity contribution in [3.8, 4) is 0 Å². The van der Waals surface area contributed by atoms with Crippen LogP contribution in [0.25, 0.3) is 0 Å². The molecule has 0 bridgehead atoms. The molecule has 1 fully saturated rings. The Morgan fingerprint density at radius 1 is 1.60 bits per heavy atom. The summed E-state index contributed by atoms with van der Waals surface area (Å²) >= 11 is 0. The highest BCUT2D eigenvalue weighted by Crippen LogP contribution is 2.03. The zero-order chi connectivity index (χ0) is 7.61. The van der Waals surface area contributed by atoms with Crippen LogP contribution in [-0.4, -0.2) is 27.3 Å². The summed E-state index contributed by atoms with van der Waals surface area (Å²) in [6.45, 7) is 1.60. The average molecular weight is 182 g/mol. The number of hydrogen-bond acceptors (Lipinski definition) is 3. The second-order valence-corrected chi connectivity index (χ2v) is 4.99. The van der Waals surface area contributed by atoms with Gasteiger partial charge in [0.15, 0.2) is 0 Å². The maximum Gasteiger partial charge on any atom is 0.236 e. The Morgan fingerprint density at radius 2 is 2.20 bits per heavy atom. The van der Waals surface area contributed by atoms with Gasteiger partial charge in [0.25, 0.3) is 0 Å². The lowest BCUT2D eigenvalue weighted by atomic mass is 10.1. The Morgan fingerprint density at radius 3 is 2.50 bits per heavy atom. The van der Waals surface area contributed by atoms with Gasteiger partial charge in [-0.05, 0) is 5.57 Å². The fourth-order valence-electron chi connectivity index (χ4n) is 0.631. The number of nitrogens with one attached hydrogen (secondary N) is 1. The predicted molar refractivity (Wildman–Crippen MR) is 40.6 cm³/mol. The maximum atomic E-state index is 10.4. The molecule has 1 aliphatic rings. The van der Waals surface area contributed by atoms with Gasteiger partial charge in [-0.15, -0.1) is 0 Å². The van der Waals surface area contributed by atoms with Crippen LogP contribution in [0.4, 0.5) is 0 Å². The second-order valence-electron chi connectivity index (χ2n) is 2.17. The Labute approximate surface area is 64.5 Å². The monoisotopic (exact) mass is 181 g/mol. The van der Waals surface area contributed by atoms with Crippen molar-refractivity contribution in [3.05, 3.63) is 11.6 Å². The van der Waals surface area contributed by atoms with Crippen molar-refractivity contribution < 1.29 is 8.42 Å². The van der Waals surface area contributed by atoms with Crippen LogP contribution in [0.3, 0.4) is 0 Å². The van der Waals surface area contributed by atoms with Gasteiger partial charge in [0.2, 0.25) is 9.05 Å². The molecule has 0 saturated carbocycles. The van der Waals surface area contributed by atoms with E-state index < -0.39 is 9.05 Å². The van der Waals surface area contributed by atoms with Gasteiger partial charge < -0.3 is 5.32 Å². The number of rotatable bonds is 2. The standard InChI is InChI=1S/C5H8ClNO2S/c6-10(8,9)2-1-5-3-7-4-5/h1,7H,2-4H2. The third-order valence-corrected chi connectivity index (χ3v) is 2.22. The lowest BCUT2D eigenvalue weighted by Crippen LogP contribution is -2.34. The molecule has 1 rings (SSSR count). The highest BCUT2D eigenvalue weighted by Gasteiger charge is 2.08. The molecule has 10 heavy (non-hydrogen) atoms. The Balaban J connectivity index is 2.41. The van der Waals surface area contributed by atoms with Crippen LogP contribution >= 0.6 is 10.7 Å². The lowest BCUT2D eigenvalue weighted by Gasteiger charge is -2.17. The molecule has 0 unspecified atom stereocenters. The van der Waals surface area contributed by atoms with Crippen molar-refractivity contribution in [2.45, 2.75) is 0 Å². The van der Waals surface area contributed by atoms with Gasteiger partial charge in [-0.2, -0.15) is 0 Å². The van der Waals surface area contributed by atoms with Gasteiger partial charge in [-0.1, -0.05) is 6.08 Å². The molecule has 1 aliphatic heterocycles. The van der Waals surface area contributed by atoms with E-state index in [1.165, 1.54) is 0 Å². The van der Waals surface area contributed by atoms with Gasteiger partial charge in [0.05, 0.1) is 5.75 Å². The molecule has 0 aromatic carbocycles. The first-order valence-electron chi connectivity index (χ1n) is 2.89. The smallest absolute Gasteiger partial charge is 0.236 e. The summed E-state index contributed by atoms with van der Waals surface area (Å²) in [4.78, 5) is 0. The van der Waals surface area contributed by atoms with E-state index in [1.807, 2.05) is 0 Å². The molecular formula is C5H8ClNO2S. The summed E-state index contributed by atoms with van der Waals surface area (Å²) in [6, 6.07) is 0. The zero-order valence-corrected chi connectivity index (χ0v) is 6.87. The number of hydrogen-bond donors (Lipinski definition) is 1. The molecular weight excluding hydrogens is 174 g/mol. The molecule has 0 radical (unpaired) electrons. The second kappa shape index (κ2) is 2.90. The molecule has 58 valence electrons. The molecule has 0 atom stereocenters. The van der Waals surface area contributed by atoms with E-state index in [2.05, 4.69) is 5.32 Å². The van der Waals surface area contributed by atoms with Crippen LogP contribution in [0.15, 0.2) is 11.6 Å². The van der Waals surface area contributed by atoms with Crippen molar-refractivity contribution >= 4 is 19.7 Å². The van der Waals surface area contributed by atoms with E-state index in [0.717, 1.165) is 18.7 Å². The van der Waals surface area contributed by atoms with Gasteiger partial charge >= 0.3 is 0 Å². The summed E-state index contributed by atoms with van der Waals surface area (Å²) in [5.74, 6) is -0.0500. The summed E-state index contributed by atoms with van der Waals surface area (Å²) in [7, 11) is 1.64. The largest absolute Gasteiger partial charge is 0.309 e. The minimum atomic E-state index is -3.33. The lowest BCUT2D eigenvalue weighted by molar-refractivity contribution is 0.611. The molecule has 0 amide bonds. The molecule has 0 spiro atoms. The Hall–Kier alpha value is -0.0600. The van der Waals surface area contributed by atoms with Gasteiger partial charge in [0, 0.05) is 23.8 Å². The van der Waals surface area contributed by atoms with Gasteiger partial charge in [0.1, 0.15) is 0 Å². The number of halogens is 1. The molecule has 0 aromatic heterocycles. The third-order valence-electron chi connectivity index (χ3n) is 1.28. The van der Waals surface area contributed by atoms with Crippen molar-refractivity contribution in [3.63, 3.8) is 0 Å². The quantitative estimate of drug-likeness (QED) is 0.485. The predicted octanol–water partition coefficient (Wildman–Crippen LogP) is 0.0846. The van der Waals surface area contributed by atoms with E-state index in [1.54, 1.807) is 6.08 Å². The van der Waals surface area contributed by atoms with Crippen LogP contribution in [0.2, 0.25) is 0 Å². The molecule has 0 aliphatic carbocycles. The Bertz CT molecular complexity index is 238. The van der Waals surface area contributed by atoms with Crippen LogP contribution < -0.4 is 5.32 Å². The van der Waals surface area contributed by atoms with Crippen LogP contribution in [0.5, 0.6) is 0 Å². The summed E-state index contributed by atoms with van der Waals surface area (Å²) < 4.78 is 20.8. The summed E-state index contributed by atoms with van der Waals surface area (Å²) in [5.41, 5.74) is 1.12. The van der Waals surface area contributed by atoms with E-state index >= 15 is 0 Å². The van der Waals surface area contributed by atoms with Gasteiger partial charge in [-0.3, -0.25) is 0 Å². The zero-order valence-electron chi connectivity index (χ0n) is 5.30. The molecule has 3 nitrogen and oxygen atoms in total. The fraction of sp³-hybridized carbons (Fsp3) is 0.600. The first-order chi connectivity index (χ1) is 4.58. The van der Waals surface area contributed by atoms with Crippen molar-refractivity contribution in [2.24, 2.45) is 0 Å². The molecule has 5 heteroatoms. The molecule has 0 aromatic rings. The minimum Gasteiger partial charge on any atom is -0.309 e. The normalized spacial score (nSPS) is 18.3. The van der Waals surface area contributed by atoms with Crippen LogP contribution in [0, 0.1) is 0 Å². The first-order valence-corrected chi connectivity index (χ1v) is 5.37. The third kappa shape index (κ3) is 2.68. The van der Waals surface area contributed by atoms with Crippen LogP contribution in [0.1, 0.15) is 0 Å². The Kier molecular flexibility index (Phi) is 2.33. The minimum absolute atomic E-state index is 0.0500. The van der Waals surface area contributed by atoms with Crippen LogP contribution in [-0.2, 0) is 9.05 Å². The topological polar surface area (TPSA) is 46.2 Å². The van der Waals surface area contributed by atoms with Crippen molar-refractivity contribution in [1.82, 2.24) is 5.32 Å². The van der Waals surface area contributed by atoms with Crippen molar-refractivity contribution in [1.29, 1.82) is 0 Å². The highest BCUT2D eigenvalue weighted by atomic mass is 35.7. The maximum absolute atomic E-state index is 10.4. The first kappa shape index (κ1) is 8.04.